The average molecular weight is 263 g/mol. The van der Waals surface area contributed by atoms with E-state index in [0.29, 0.717) is 17.9 Å². The molecule has 0 radical (unpaired) electrons. The number of carbonyl (C=O) groups excluding carboxylic acids is 1. The highest BCUT2D eigenvalue weighted by Crippen LogP contribution is 2.30. The Labute approximate surface area is 111 Å². The summed E-state index contributed by atoms with van der Waals surface area (Å²) < 4.78 is 10.4. The highest BCUT2D eigenvalue weighted by atomic mass is 16.5. The monoisotopic (exact) mass is 263 g/mol. The van der Waals surface area contributed by atoms with Crippen molar-refractivity contribution in [3.63, 3.8) is 0 Å². The molecular formula is C13H17N3O3. The largest absolute Gasteiger partial charge is 0.493 e. The standard InChI is InChI=1S/C13H17N3O3/c1-13(11(17)15-12(14)16-13)7-8-4-5-9(18-2)10(6-8)19-3/h4-6H,7H2,1-3H3,(H3,14,15,16,17). The number of nitrogens with two attached hydrogens (primary N) is 1. The molecule has 0 bridgehead atoms. The number of rotatable bonds is 4. The van der Waals surface area contributed by atoms with Crippen LogP contribution in [0.1, 0.15) is 12.5 Å². The smallest absolute Gasteiger partial charge is 0.254 e. The lowest BCUT2D eigenvalue weighted by molar-refractivity contribution is -0.123. The van der Waals surface area contributed by atoms with E-state index in [2.05, 4.69) is 10.3 Å². The SMILES string of the molecule is COc1ccc(CC2(C)N=C(N)NC2=O)cc1OC. The van der Waals surface area contributed by atoms with Gasteiger partial charge in [0.2, 0.25) is 0 Å². The first kappa shape index (κ1) is 13.2. The van der Waals surface area contributed by atoms with Crippen LogP contribution in [0.25, 0.3) is 0 Å². The van der Waals surface area contributed by atoms with Crippen LogP contribution in [-0.4, -0.2) is 31.6 Å². The van der Waals surface area contributed by atoms with Crippen LogP contribution in [-0.2, 0) is 11.2 Å². The van der Waals surface area contributed by atoms with Crippen LogP contribution in [0, 0.1) is 0 Å². The third-order valence-corrected chi connectivity index (χ3v) is 3.09. The van der Waals surface area contributed by atoms with Gasteiger partial charge in [0.15, 0.2) is 17.5 Å². The quantitative estimate of drug-likeness (QED) is 0.825. The van der Waals surface area contributed by atoms with E-state index in [1.807, 2.05) is 12.1 Å². The van der Waals surface area contributed by atoms with Gasteiger partial charge in [-0.05, 0) is 24.6 Å². The highest BCUT2D eigenvalue weighted by molar-refractivity contribution is 6.06. The van der Waals surface area contributed by atoms with E-state index >= 15 is 0 Å². The number of nitrogens with one attached hydrogen (secondary N) is 1. The second kappa shape index (κ2) is 4.79. The maximum Gasteiger partial charge on any atom is 0.254 e. The summed E-state index contributed by atoms with van der Waals surface area (Å²) in [6, 6.07) is 5.52. The van der Waals surface area contributed by atoms with Crippen molar-refractivity contribution in [2.75, 3.05) is 14.2 Å². The molecule has 0 spiro atoms. The summed E-state index contributed by atoms with van der Waals surface area (Å²) in [7, 11) is 3.15. The van der Waals surface area contributed by atoms with Gasteiger partial charge < -0.3 is 15.2 Å². The van der Waals surface area contributed by atoms with Gasteiger partial charge in [0, 0.05) is 6.42 Å². The molecule has 6 nitrogen and oxygen atoms in total. The Kier molecular flexibility index (Phi) is 3.33. The number of benzene rings is 1. The first-order valence-corrected chi connectivity index (χ1v) is 5.86. The Balaban J connectivity index is 2.27. The number of hydrogen-bond donors (Lipinski definition) is 2. The molecule has 19 heavy (non-hydrogen) atoms. The number of carbonyl (C=O) groups is 1. The second-order valence-electron chi connectivity index (χ2n) is 4.59. The van der Waals surface area contributed by atoms with Gasteiger partial charge in [-0.3, -0.25) is 10.1 Å². The molecule has 1 aromatic carbocycles. The molecule has 0 saturated heterocycles. The summed E-state index contributed by atoms with van der Waals surface area (Å²) in [6.07, 6.45) is 0.444. The van der Waals surface area contributed by atoms with Gasteiger partial charge in [-0.25, -0.2) is 4.99 Å². The zero-order valence-electron chi connectivity index (χ0n) is 11.2. The van der Waals surface area contributed by atoms with Gasteiger partial charge >= 0.3 is 0 Å². The molecule has 0 aromatic heterocycles. The number of hydrogen-bond acceptors (Lipinski definition) is 5. The van der Waals surface area contributed by atoms with Gasteiger partial charge in [0.25, 0.3) is 5.91 Å². The fourth-order valence-corrected chi connectivity index (χ4v) is 2.10. The van der Waals surface area contributed by atoms with Crippen molar-refractivity contribution in [3.05, 3.63) is 23.8 Å². The van der Waals surface area contributed by atoms with Crippen molar-refractivity contribution >= 4 is 11.9 Å². The second-order valence-corrected chi connectivity index (χ2v) is 4.59. The Hall–Kier alpha value is -2.24. The fourth-order valence-electron chi connectivity index (χ4n) is 2.10. The third-order valence-electron chi connectivity index (χ3n) is 3.09. The van der Waals surface area contributed by atoms with Crippen molar-refractivity contribution in [1.82, 2.24) is 5.32 Å². The predicted octanol–water partition coefficient (Wildman–Crippen LogP) is 0.449. The van der Waals surface area contributed by atoms with E-state index in [1.54, 1.807) is 27.2 Å². The van der Waals surface area contributed by atoms with Crippen LogP contribution < -0.4 is 20.5 Å². The molecular weight excluding hydrogens is 246 g/mol. The molecule has 1 amide bonds. The van der Waals surface area contributed by atoms with Gasteiger partial charge in [0.05, 0.1) is 14.2 Å². The summed E-state index contributed by atoms with van der Waals surface area (Å²) in [6.45, 7) is 1.75. The van der Waals surface area contributed by atoms with E-state index < -0.39 is 5.54 Å². The maximum absolute atomic E-state index is 11.8. The molecule has 1 aliphatic heterocycles. The lowest BCUT2D eigenvalue weighted by Crippen LogP contribution is -2.40. The van der Waals surface area contributed by atoms with Crippen LogP contribution in [0.4, 0.5) is 0 Å². The molecule has 0 aliphatic carbocycles. The maximum atomic E-state index is 11.8. The summed E-state index contributed by atoms with van der Waals surface area (Å²) in [4.78, 5) is 16.0. The Morgan fingerprint density at radius 2 is 2.00 bits per heavy atom. The van der Waals surface area contributed by atoms with Crippen molar-refractivity contribution < 1.29 is 14.3 Å². The predicted molar refractivity (Wildman–Crippen MR) is 71.4 cm³/mol. The van der Waals surface area contributed by atoms with Crippen molar-refractivity contribution in [1.29, 1.82) is 0 Å². The first-order chi connectivity index (χ1) is 8.98. The van der Waals surface area contributed by atoms with Crippen LogP contribution in [0.2, 0.25) is 0 Å². The van der Waals surface area contributed by atoms with Crippen molar-refractivity contribution in [2.24, 2.45) is 10.7 Å². The molecule has 1 atom stereocenters. The molecule has 2 rings (SSSR count). The molecule has 1 aromatic rings. The molecule has 1 unspecified atom stereocenters. The summed E-state index contributed by atoms with van der Waals surface area (Å²) >= 11 is 0. The van der Waals surface area contributed by atoms with Crippen molar-refractivity contribution in [2.45, 2.75) is 18.9 Å². The number of methoxy groups -OCH3 is 2. The minimum Gasteiger partial charge on any atom is -0.493 e. The third kappa shape index (κ3) is 2.47. The van der Waals surface area contributed by atoms with Gasteiger partial charge in [-0.1, -0.05) is 6.07 Å². The van der Waals surface area contributed by atoms with Crippen LogP contribution in [0.5, 0.6) is 11.5 Å². The topological polar surface area (TPSA) is 85.9 Å². The van der Waals surface area contributed by atoms with Gasteiger partial charge in [0.1, 0.15) is 5.54 Å². The first-order valence-electron chi connectivity index (χ1n) is 5.86. The minimum absolute atomic E-state index is 0.160. The lowest BCUT2D eigenvalue weighted by Gasteiger charge is -2.18. The molecule has 1 aliphatic rings. The normalized spacial score (nSPS) is 21.8. The number of ether oxygens (including phenoxy) is 2. The zero-order chi connectivity index (χ0) is 14.0. The Morgan fingerprint density at radius 1 is 1.32 bits per heavy atom. The molecule has 6 heteroatoms. The zero-order valence-corrected chi connectivity index (χ0v) is 11.2. The Morgan fingerprint density at radius 3 is 2.53 bits per heavy atom. The average Bonchev–Trinajstić information content (AvgIpc) is 2.62. The summed E-state index contributed by atoms with van der Waals surface area (Å²) in [5.41, 5.74) is 5.58. The van der Waals surface area contributed by atoms with Gasteiger partial charge in [-0.15, -0.1) is 0 Å². The summed E-state index contributed by atoms with van der Waals surface area (Å²) in [5.74, 6) is 1.24. The van der Waals surface area contributed by atoms with E-state index in [4.69, 9.17) is 15.2 Å². The van der Waals surface area contributed by atoms with E-state index in [9.17, 15) is 4.79 Å². The molecule has 102 valence electrons. The molecule has 3 N–H and O–H groups in total. The van der Waals surface area contributed by atoms with Gasteiger partial charge in [-0.2, -0.15) is 0 Å². The highest BCUT2D eigenvalue weighted by Gasteiger charge is 2.38. The molecule has 0 saturated carbocycles. The van der Waals surface area contributed by atoms with E-state index in [-0.39, 0.29) is 11.9 Å². The Bertz CT molecular complexity index is 542. The van der Waals surface area contributed by atoms with E-state index in [0.717, 1.165) is 5.56 Å². The summed E-state index contributed by atoms with van der Waals surface area (Å²) in [5, 5.41) is 2.51. The number of amides is 1. The van der Waals surface area contributed by atoms with Crippen LogP contribution in [0.15, 0.2) is 23.2 Å². The van der Waals surface area contributed by atoms with Crippen molar-refractivity contribution in [3.8, 4) is 11.5 Å². The van der Waals surface area contributed by atoms with Crippen LogP contribution >= 0.6 is 0 Å². The number of aliphatic imine (C=N–C) groups is 1. The number of nitrogens with zero attached hydrogens (tertiary/aromatic N) is 1. The molecule has 0 fully saturated rings. The van der Waals surface area contributed by atoms with Crippen LogP contribution in [0.3, 0.4) is 0 Å². The fraction of sp³-hybridized carbons (Fsp3) is 0.385. The molecule has 1 heterocycles. The number of guanidine groups is 1. The minimum atomic E-state index is -0.871. The lowest BCUT2D eigenvalue weighted by atomic mass is 9.93. The van der Waals surface area contributed by atoms with E-state index in [1.165, 1.54) is 0 Å².